The Morgan fingerprint density at radius 3 is 2.81 bits per heavy atom. The van der Waals surface area contributed by atoms with Crippen LogP contribution in [0.5, 0.6) is 5.75 Å². The van der Waals surface area contributed by atoms with Crippen molar-refractivity contribution in [2.24, 2.45) is 0 Å². The molecule has 0 atom stereocenters. The normalized spacial score (nSPS) is 12.3. The molecule has 0 amide bonds. The summed E-state index contributed by atoms with van der Waals surface area (Å²) in [5, 5.41) is 14.3. The lowest BCUT2D eigenvalue weighted by molar-refractivity contribution is -0.137. The van der Waals surface area contributed by atoms with Crippen LogP contribution in [-0.2, 0) is 22.6 Å². The summed E-state index contributed by atoms with van der Waals surface area (Å²) in [5.41, 5.74) is 1.86. The van der Waals surface area contributed by atoms with Crippen LogP contribution in [0.2, 0.25) is 0 Å². The van der Waals surface area contributed by atoms with E-state index in [-0.39, 0.29) is 24.0 Å². The van der Waals surface area contributed by atoms with Crippen molar-refractivity contribution in [3.8, 4) is 17.1 Å². The minimum atomic E-state index is -0.784. The van der Waals surface area contributed by atoms with Gasteiger partial charge in [-0.15, -0.1) is 0 Å². The molecule has 2 aromatic heterocycles. The lowest BCUT2D eigenvalue weighted by Crippen LogP contribution is -2.25. The van der Waals surface area contributed by atoms with Gasteiger partial charge in [0.2, 0.25) is 0 Å². The number of hydrogen-bond donors (Lipinski definition) is 1. The fourth-order valence-corrected chi connectivity index (χ4v) is 3.94. The summed E-state index contributed by atoms with van der Waals surface area (Å²) in [5.74, 6) is -0.747. The first-order valence-electron chi connectivity index (χ1n) is 10.8. The Balaban J connectivity index is 1.60. The van der Waals surface area contributed by atoms with E-state index < -0.39 is 11.9 Å². The zero-order valence-corrected chi connectivity index (χ0v) is 17.9. The number of ether oxygens (including phenoxy) is 2. The van der Waals surface area contributed by atoms with Gasteiger partial charge < -0.3 is 19.1 Å². The average Bonchev–Trinajstić information content (AvgIpc) is 3.15. The molecule has 0 saturated carbocycles. The summed E-state index contributed by atoms with van der Waals surface area (Å²) in [6.45, 7) is 3.55. The van der Waals surface area contributed by atoms with E-state index in [0.717, 1.165) is 23.9 Å². The Morgan fingerprint density at radius 1 is 1.19 bits per heavy atom. The lowest BCUT2D eigenvalue weighted by atomic mass is 10.1. The maximum absolute atomic E-state index is 12.6. The molecule has 1 aliphatic heterocycles. The summed E-state index contributed by atoms with van der Waals surface area (Å²) in [7, 11) is 0. The molecule has 9 nitrogen and oxygen atoms in total. The quantitative estimate of drug-likeness (QED) is 0.403. The number of rotatable bonds is 9. The van der Waals surface area contributed by atoms with E-state index >= 15 is 0 Å². The van der Waals surface area contributed by atoms with E-state index in [1.54, 1.807) is 13.1 Å². The van der Waals surface area contributed by atoms with Gasteiger partial charge in [-0.2, -0.15) is 5.10 Å². The van der Waals surface area contributed by atoms with Gasteiger partial charge in [0.05, 0.1) is 31.1 Å². The summed E-state index contributed by atoms with van der Waals surface area (Å²) < 4.78 is 14.7. The van der Waals surface area contributed by atoms with Crippen LogP contribution in [0, 0.1) is 0 Å². The predicted octanol–water partition coefficient (Wildman–Crippen LogP) is 3.08. The van der Waals surface area contributed by atoms with E-state index in [1.807, 2.05) is 27.4 Å². The molecule has 168 valence electrons. The van der Waals surface area contributed by atoms with Gasteiger partial charge in [-0.3, -0.25) is 14.3 Å². The van der Waals surface area contributed by atoms with E-state index in [9.17, 15) is 14.4 Å². The Morgan fingerprint density at radius 2 is 2.03 bits per heavy atom. The third kappa shape index (κ3) is 4.23. The lowest BCUT2D eigenvalue weighted by Gasteiger charge is -2.21. The molecule has 0 saturated heterocycles. The third-order valence-corrected chi connectivity index (χ3v) is 5.44. The van der Waals surface area contributed by atoms with E-state index in [0.29, 0.717) is 43.1 Å². The SMILES string of the molecule is CCOC(=O)c1cn2c(cc1=O)-c1c3cccc(OCCCCCC(=O)O)c3nn1CC2. The summed E-state index contributed by atoms with van der Waals surface area (Å²) >= 11 is 0. The van der Waals surface area contributed by atoms with Gasteiger partial charge in [0.15, 0.2) is 5.43 Å². The molecule has 0 bridgehead atoms. The Hall–Kier alpha value is -3.62. The van der Waals surface area contributed by atoms with Crippen LogP contribution in [-0.4, -0.2) is 44.6 Å². The molecular formula is C23H25N3O6. The number of esters is 1. The maximum atomic E-state index is 12.6. The molecule has 4 rings (SSSR count). The van der Waals surface area contributed by atoms with Crippen LogP contribution in [0.15, 0.2) is 35.3 Å². The number of aliphatic carboxylic acids is 1. The van der Waals surface area contributed by atoms with Crippen molar-refractivity contribution in [2.75, 3.05) is 13.2 Å². The van der Waals surface area contributed by atoms with Gasteiger partial charge in [-0.05, 0) is 32.3 Å². The summed E-state index contributed by atoms with van der Waals surface area (Å²) in [6, 6.07) is 7.14. The molecule has 1 aliphatic rings. The van der Waals surface area contributed by atoms with E-state index in [4.69, 9.17) is 19.7 Å². The highest BCUT2D eigenvalue weighted by atomic mass is 16.5. The fourth-order valence-electron chi connectivity index (χ4n) is 3.94. The van der Waals surface area contributed by atoms with E-state index in [1.165, 1.54) is 6.07 Å². The highest BCUT2D eigenvalue weighted by molar-refractivity contribution is 5.96. The zero-order chi connectivity index (χ0) is 22.7. The number of unbranched alkanes of at least 4 members (excludes halogenated alkanes) is 2. The molecule has 3 heterocycles. The van der Waals surface area contributed by atoms with Crippen LogP contribution in [0.1, 0.15) is 43.0 Å². The largest absolute Gasteiger partial charge is 0.491 e. The van der Waals surface area contributed by atoms with Gasteiger partial charge in [0.1, 0.15) is 16.8 Å². The maximum Gasteiger partial charge on any atom is 0.343 e. The predicted molar refractivity (Wildman–Crippen MR) is 117 cm³/mol. The highest BCUT2D eigenvalue weighted by Crippen LogP contribution is 2.35. The van der Waals surface area contributed by atoms with Crippen LogP contribution in [0.4, 0.5) is 0 Å². The highest BCUT2D eigenvalue weighted by Gasteiger charge is 2.24. The zero-order valence-electron chi connectivity index (χ0n) is 17.9. The Bertz CT molecular complexity index is 1230. The topological polar surface area (TPSA) is 113 Å². The van der Waals surface area contributed by atoms with Crippen molar-refractivity contribution >= 4 is 22.8 Å². The summed E-state index contributed by atoms with van der Waals surface area (Å²) in [6.07, 6.45) is 3.89. The molecule has 0 unspecified atom stereocenters. The Kier molecular flexibility index (Phi) is 6.25. The van der Waals surface area contributed by atoms with Crippen LogP contribution < -0.4 is 10.2 Å². The molecule has 0 fully saturated rings. The van der Waals surface area contributed by atoms with Crippen molar-refractivity contribution in [3.05, 3.63) is 46.2 Å². The molecule has 1 N–H and O–H groups in total. The number of carboxylic acid groups (broad SMARTS) is 1. The molecule has 3 aromatic rings. The fraction of sp³-hybridized carbons (Fsp3) is 0.391. The molecule has 9 heteroatoms. The first kappa shape index (κ1) is 21.6. The third-order valence-electron chi connectivity index (χ3n) is 5.44. The smallest absolute Gasteiger partial charge is 0.343 e. The number of benzene rings is 1. The number of aryl methyl sites for hydroxylation is 2. The molecule has 32 heavy (non-hydrogen) atoms. The van der Waals surface area contributed by atoms with Crippen LogP contribution in [0.25, 0.3) is 22.3 Å². The number of nitrogens with zero attached hydrogens (tertiary/aromatic N) is 3. The molecule has 0 spiro atoms. The van der Waals surface area contributed by atoms with Crippen molar-refractivity contribution in [3.63, 3.8) is 0 Å². The van der Waals surface area contributed by atoms with Crippen LogP contribution >= 0.6 is 0 Å². The standard InChI is InChI=1S/C23H25N3O6/c1-2-31-23(30)16-14-25-10-11-26-22(17(25)13-18(16)27)15-7-6-8-19(21(15)24-26)32-12-5-3-4-9-20(28)29/h6-8,13-14H,2-5,9-12H2,1H3,(H,28,29). The number of fused-ring (bicyclic) bond motifs is 5. The van der Waals surface area contributed by atoms with Gasteiger partial charge in [-0.25, -0.2) is 4.79 Å². The van der Waals surface area contributed by atoms with Crippen molar-refractivity contribution in [2.45, 2.75) is 45.7 Å². The van der Waals surface area contributed by atoms with Crippen LogP contribution in [0.3, 0.4) is 0 Å². The second-order valence-corrected chi connectivity index (χ2v) is 7.63. The second-order valence-electron chi connectivity index (χ2n) is 7.63. The van der Waals surface area contributed by atoms with Gasteiger partial charge in [0, 0.05) is 30.6 Å². The van der Waals surface area contributed by atoms with Gasteiger partial charge >= 0.3 is 11.9 Å². The average molecular weight is 439 g/mol. The van der Waals surface area contributed by atoms with E-state index in [2.05, 4.69) is 0 Å². The minimum Gasteiger partial charge on any atom is -0.491 e. The minimum absolute atomic E-state index is 0.0276. The molecular weight excluding hydrogens is 414 g/mol. The van der Waals surface area contributed by atoms with Crippen molar-refractivity contribution in [1.29, 1.82) is 0 Å². The number of hydrogen-bond acceptors (Lipinski definition) is 6. The first-order valence-corrected chi connectivity index (χ1v) is 10.8. The van der Waals surface area contributed by atoms with Gasteiger partial charge in [-0.1, -0.05) is 12.1 Å². The molecule has 1 aromatic carbocycles. The number of pyridine rings is 1. The number of carbonyl (C=O) groups excluding carboxylic acids is 1. The monoisotopic (exact) mass is 439 g/mol. The summed E-state index contributed by atoms with van der Waals surface area (Å²) in [4.78, 5) is 35.3. The molecule has 0 radical (unpaired) electrons. The van der Waals surface area contributed by atoms with Crippen molar-refractivity contribution in [1.82, 2.24) is 14.3 Å². The second kappa shape index (κ2) is 9.25. The number of aromatic nitrogens is 3. The number of carbonyl (C=O) groups is 2. The van der Waals surface area contributed by atoms with Gasteiger partial charge in [0.25, 0.3) is 0 Å². The molecule has 0 aliphatic carbocycles. The Labute approximate surface area is 184 Å². The first-order chi connectivity index (χ1) is 15.5. The number of carboxylic acids is 1. The van der Waals surface area contributed by atoms with Crippen molar-refractivity contribution < 1.29 is 24.2 Å².